The Labute approximate surface area is 106 Å². The molecule has 1 aliphatic heterocycles. The lowest BCUT2D eigenvalue weighted by molar-refractivity contribution is -0.143. The number of carbonyl (C=O) groups is 2. The molecule has 2 rings (SSSR count). The van der Waals surface area contributed by atoms with E-state index in [1.807, 2.05) is 5.97 Å². The first-order chi connectivity index (χ1) is 8.54. The second kappa shape index (κ2) is 4.30. The van der Waals surface area contributed by atoms with Crippen LogP contribution in [0, 0.1) is 11.2 Å². The number of esters is 1. The van der Waals surface area contributed by atoms with Crippen molar-refractivity contribution in [3.8, 4) is 5.97 Å². The number of nitriles is 1. The maximum absolute atomic E-state index is 12.3. The van der Waals surface area contributed by atoms with Crippen molar-refractivity contribution < 1.29 is 14.3 Å². The Balaban J connectivity index is 2.53. The summed E-state index contributed by atoms with van der Waals surface area (Å²) in [6.07, 6.45) is -0.0302. The number of rotatable bonds is 2. The summed E-state index contributed by atoms with van der Waals surface area (Å²) >= 11 is 0. The topological polar surface area (TPSA) is 67.2 Å². The lowest BCUT2D eigenvalue weighted by Crippen LogP contribution is -2.38. The first-order valence-corrected chi connectivity index (χ1v) is 5.64. The summed E-state index contributed by atoms with van der Waals surface area (Å²) in [7, 11) is 1.29. The molecule has 0 fully saturated rings. The fraction of sp³-hybridized carbons (Fsp3) is 0.308. The average molecular weight is 241 g/mol. The SMILES string of the molecule is COC(=O)CC1(C)C(=O)B(C#N)c2ccccc21. The number of hydrogen-bond donors (Lipinski definition) is 0. The Morgan fingerprint density at radius 2 is 2.17 bits per heavy atom. The van der Waals surface area contributed by atoms with Crippen LogP contribution in [-0.2, 0) is 19.7 Å². The highest BCUT2D eigenvalue weighted by atomic mass is 16.5. The average Bonchev–Trinajstić information content (AvgIpc) is 2.59. The molecule has 5 heteroatoms. The molecule has 1 heterocycles. The highest BCUT2D eigenvalue weighted by Gasteiger charge is 2.52. The van der Waals surface area contributed by atoms with Gasteiger partial charge in [0, 0.05) is 5.97 Å². The molecule has 0 aromatic heterocycles. The van der Waals surface area contributed by atoms with Gasteiger partial charge in [0.2, 0.25) is 0 Å². The fourth-order valence-corrected chi connectivity index (χ4v) is 2.52. The number of fused-ring (bicyclic) bond motifs is 1. The third kappa shape index (κ3) is 1.61. The number of hydrogen-bond acceptors (Lipinski definition) is 4. The molecule has 0 N–H and O–H groups in total. The number of carbonyl (C=O) groups excluding carboxylic acids is 2. The highest BCUT2D eigenvalue weighted by Crippen LogP contribution is 2.34. The van der Waals surface area contributed by atoms with Crippen molar-refractivity contribution in [3.05, 3.63) is 29.8 Å². The van der Waals surface area contributed by atoms with E-state index >= 15 is 0 Å². The second-order valence-corrected chi connectivity index (χ2v) is 4.60. The molecule has 0 spiro atoms. The Morgan fingerprint density at radius 1 is 1.50 bits per heavy atom. The molecule has 1 atom stereocenters. The van der Waals surface area contributed by atoms with E-state index in [4.69, 9.17) is 5.26 Å². The highest BCUT2D eigenvalue weighted by molar-refractivity contribution is 7.07. The molecule has 18 heavy (non-hydrogen) atoms. The van der Waals surface area contributed by atoms with Crippen LogP contribution >= 0.6 is 0 Å². The van der Waals surface area contributed by atoms with E-state index < -0.39 is 18.1 Å². The minimum absolute atomic E-state index is 0.0302. The van der Waals surface area contributed by atoms with Gasteiger partial charge in [0.25, 0.3) is 0 Å². The van der Waals surface area contributed by atoms with Gasteiger partial charge in [-0.25, -0.2) is 5.26 Å². The van der Waals surface area contributed by atoms with Crippen LogP contribution in [0.2, 0.25) is 0 Å². The molecular weight excluding hydrogens is 229 g/mol. The molecular formula is C13H12BNO3. The molecule has 1 aromatic carbocycles. The molecule has 0 aliphatic carbocycles. The molecule has 0 radical (unpaired) electrons. The predicted octanol–water partition coefficient (Wildman–Crippen LogP) is 0.394. The van der Waals surface area contributed by atoms with Gasteiger partial charge in [0.05, 0.1) is 18.9 Å². The minimum Gasteiger partial charge on any atom is -0.469 e. The molecule has 90 valence electrons. The van der Waals surface area contributed by atoms with Crippen LogP contribution < -0.4 is 5.46 Å². The van der Waals surface area contributed by atoms with Gasteiger partial charge in [-0.2, -0.15) is 0 Å². The van der Waals surface area contributed by atoms with Gasteiger partial charge in [-0.1, -0.05) is 29.7 Å². The maximum atomic E-state index is 12.3. The molecule has 1 aliphatic rings. The Kier molecular flexibility index (Phi) is 2.96. The Hall–Kier alpha value is -2.09. The zero-order valence-electron chi connectivity index (χ0n) is 10.3. The van der Waals surface area contributed by atoms with Crippen LogP contribution in [-0.4, -0.2) is 25.5 Å². The van der Waals surface area contributed by atoms with Crippen molar-refractivity contribution in [2.45, 2.75) is 18.8 Å². The Bertz CT molecular complexity index is 564. The summed E-state index contributed by atoms with van der Waals surface area (Å²) in [6.45, 7) is 0.915. The summed E-state index contributed by atoms with van der Waals surface area (Å²) in [4.78, 5) is 23.8. The second-order valence-electron chi connectivity index (χ2n) is 4.60. The third-order valence-corrected chi connectivity index (χ3v) is 3.53. The van der Waals surface area contributed by atoms with Gasteiger partial charge < -0.3 is 9.53 Å². The van der Waals surface area contributed by atoms with Gasteiger partial charge in [0.1, 0.15) is 5.68 Å². The van der Waals surface area contributed by atoms with E-state index in [1.165, 1.54) is 7.11 Å². The number of methoxy groups -OCH3 is 1. The van der Waals surface area contributed by atoms with E-state index in [9.17, 15) is 9.59 Å². The van der Waals surface area contributed by atoms with Crippen LogP contribution in [0.1, 0.15) is 18.9 Å². The van der Waals surface area contributed by atoms with Crippen LogP contribution in [0.15, 0.2) is 24.3 Å². The van der Waals surface area contributed by atoms with Crippen molar-refractivity contribution in [3.63, 3.8) is 0 Å². The summed E-state index contributed by atoms with van der Waals surface area (Å²) in [5, 5.41) is 9.12. The van der Waals surface area contributed by atoms with E-state index in [-0.39, 0.29) is 12.1 Å². The predicted molar refractivity (Wildman–Crippen MR) is 66.4 cm³/mol. The largest absolute Gasteiger partial charge is 0.469 e. The van der Waals surface area contributed by atoms with E-state index in [2.05, 4.69) is 4.74 Å². The van der Waals surface area contributed by atoms with E-state index in [1.54, 1.807) is 31.2 Å². The van der Waals surface area contributed by atoms with Crippen molar-refractivity contribution >= 4 is 23.8 Å². The van der Waals surface area contributed by atoms with E-state index in [0.717, 1.165) is 5.56 Å². The first kappa shape index (κ1) is 12.4. The monoisotopic (exact) mass is 241 g/mol. The van der Waals surface area contributed by atoms with Crippen molar-refractivity contribution in [2.24, 2.45) is 0 Å². The molecule has 0 saturated heterocycles. The summed E-state index contributed by atoms with van der Waals surface area (Å²) in [6, 6.07) is 7.17. The molecule has 0 saturated carbocycles. The number of ether oxygens (including phenoxy) is 1. The van der Waals surface area contributed by atoms with Crippen LogP contribution in [0.3, 0.4) is 0 Å². The van der Waals surface area contributed by atoms with Gasteiger partial charge in [-0.15, -0.1) is 0 Å². The van der Waals surface area contributed by atoms with Gasteiger partial charge in [-0.05, 0) is 12.5 Å². The summed E-state index contributed by atoms with van der Waals surface area (Å²) in [5.41, 5.74) is 0.282. The van der Waals surface area contributed by atoms with Gasteiger partial charge in [-0.3, -0.25) is 4.79 Å². The molecule has 1 unspecified atom stereocenters. The van der Waals surface area contributed by atoms with Crippen LogP contribution in [0.25, 0.3) is 0 Å². The first-order valence-electron chi connectivity index (χ1n) is 5.64. The van der Waals surface area contributed by atoms with Gasteiger partial charge in [0.15, 0.2) is 0 Å². The normalized spacial score (nSPS) is 21.4. The van der Waals surface area contributed by atoms with Crippen molar-refractivity contribution in [1.82, 2.24) is 0 Å². The molecule has 1 aromatic rings. The van der Waals surface area contributed by atoms with Crippen molar-refractivity contribution in [1.29, 1.82) is 5.26 Å². The molecule has 0 amide bonds. The fourth-order valence-electron chi connectivity index (χ4n) is 2.52. The number of benzene rings is 1. The van der Waals surface area contributed by atoms with Crippen LogP contribution in [0.4, 0.5) is 0 Å². The molecule has 4 nitrogen and oxygen atoms in total. The summed E-state index contributed by atoms with van der Waals surface area (Å²) < 4.78 is 4.64. The third-order valence-electron chi connectivity index (χ3n) is 3.53. The van der Waals surface area contributed by atoms with Gasteiger partial charge >= 0.3 is 12.7 Å². The standard InChI is InChI=1S/C13H12BNO3/c1-13(7-11(16)18-2)9-5-3-4-6-10(9)14(8-15)12(13)17/h3-6H,7H2,1-2H3. The maximum Gasteiger partial charge on any atom is 0.377 e. The Morgan fingerprint density at radius 3 is 2.78 bits per heavy atom. The minimum atomic E-state index is -0.954. The molecule has 0 bridgehead atoms. The van der Waals surface area contributed by atoms with Crippen LogP contribution in [0.5, 0.6) is 0 Å². The van der Waals surface area contributed by atoms with Crippen molar-refractivity contribution in [2.75, 3.05) is 7.11 Å². The van der Waals surface area contributed by atoms with E-state index in [0.29, 0.717) is 5.46 Å². The zero-order valence-corrected chi connectivity index (χ0v) is 10.3. The smallest absolute Gasteiger partial charge is 0.377 e. The zero-order chi connectivity index (χ0) is 13.3. The summed E-state index contributed by atoms with van der Waals surface area (Å²) in [5.74, 6) is 1.57. The quantitative estimate of drug-likeness (QED) is 0.555. The lowest BCUT2D eigenvalue weighted by atomic mass is 9.44. The number of nitrogens with zero attached hydrogens (tertiary/aromatic N) is 1. The lowest BCUT2D eigenvalue weighted by Gasteiger charge is -2.22.